The summed E-state index contributed by atoms with van der Waals surface area (Å²) in [5.41, 5.74) is 1.59. The van der Waals surface area contributed by atoms with Gasteiger partial charge >= 0.3 is 0 Å². The third kappa shape index (κ3) is 3.60. The third-order valence-electron chi connectivity index (χ3n) is 3.50. The lowest BCUT2D eigenvalue weighted by molar-refractivity contribution is 0.528. The molecule has 0 saturated heterocycles. The van der Waals surface area contributed by atoms with Gasteiger partial charge in [0.2, 0.25) is 11.8 Å². The smallest absolute Gasteiger partial charge is 0.249 e. The maximum Gasteiger partial charge on any atom is 0.249 e. The van der Waals surface area contributed by atoms with Gasteiger partial charge in [0.1, 0.15) is 6.33 Å². The molecule has 130 valence electrons. The van der Waals surface area contributed by atoms with E-state index in [2.05, 4.69) is 20.4 Å². The van der Waals surface area contributed by atoms with Crippen LogP contribution in [0.25, 0.3) is 17.1 Å². The molecule has 4 aromatic rings. The fraction of sp³-hybridized carbons (Fsp3) is 0.0588. The first-order valence-corrected chi connectivity index (χ1v) is 9.31. The Bertz CT molecular complexity index is 1050. The molecule has 6 nitrogen and oxygen atoms in total. The van der Waals surface area contributed by atoms with Crippen molar-refractivity contribution in [3.8, 4) is 17.1 Å². The largest absolute Gasteiger partial charge is 0.420 e. The van der Waals surface area contributed by atoms with Crippen molar-refractivity contribution >= 4 is 35.0 Å². The van der Waals surface area contributed by atoms with Crippen LogP contribution >= 0.6 is 35.0 Å². The van der Waals surface area contributed by atoms with E-state index in [0.29, 0.717) is 38.3 Å². The van der Waals surface area contributed by atoms with Gasteiger partial charge in [-0.1, -0.05) is 53.2 Å². The van der Waals surface area contributed by atoms with Crippen LogP contribution in [0.15, 0.2) is 64.4 Å². The number of rotatable bonds is 5. The lowest BCUT2D eigenvalue weighted by atomic mass is 10.2. The van der Waals surface area contributed by atoms with Crippen molar-refractivity contribution in [2.45, 2.75) is 10.9 Å². The topological polar surface area (TPSA) is 69.6 Å². The minimum atomic E-state index is 0.391. The summed E-state index contributed by atoms with van der Waals surface area (Å²) in [6.07, 6.45) is 1.64. The van der Waals surface area contributed by atoms with Crippen molar-refractivity contribution in [1.29, 1.82) is 0 Å². The molecule has 0 fully saturated rings. The van der Waals surface area contributed by atoms with Gasteiger partial charge in [-0.05, 0) is 30.3 Å². The molecule has 2 heterocycles. The summed E-state index contributed by atoms with van der Waals surface area (Å²) < 4.78 is 7.56. The molecule has 0 N–H and O–H groups in total. The fourth-order valence-electron chi connectivity index (χ4n) is 2.31. The van der Waals surface area contributed by atoms with Crippen LogP contribution in [0.2, 0.25) is 10.0 Å². The molecule has 2 aromatic carbocycles. The summed E-state index contributed by atoms with van der Waals surface area (Å²) in [5.74, 6) is 1.32. The number of halogens is 2. The molecule has 0 unspecified atom stereocenters. The summed E-state index contributed by atoms with van der Waals surface area (Å²) in [7, 11) is 0. The second-order valence-corrected chi connectivity index (χ2v) is 7.02. The highest BCUT2D eigenvalue weighted by Gasteiger charge is 2.14. The van der Waals surface area contributed by atoms with Crippen LogP contribution in [-0.4, -0.2) is 25.0 Å². The predicted molar refractivity (Wildman–Crippen MR) is 101 cm³/mol. The summed E-state index contributed by atoms with van der Waals surface area (Å²) >= 11 is 13.7. The Kier molecular flexibility index (Phi) is 4.92. The maximum atomic E-state index is 6.16. The molecule has 0 aliphatic rings. The third-order valence-corrected chi connectivity index (χ3v) is 4.99. The van der Waals surface area contributed by atoms with Crippen molar-refractivity contribution in [3.63, 3.8) is 0 Å². The molecule has 0 atom stereocenters. The zero-order valence-electron chi connectivity index (χ0n) is 13.2. The van der Waals surface area contributed by atoms with Crippen molar-refractivity contribution in [1.82, 2.24) is 25.0 Å². The van der Waals surface area contributed by atoms with Gasteiger partial charge in [0.15, 0.2) is 5.16 Å². The van der Waals surface area contributed by atoms with Crippen molar-refractivity contribution in [2.24, 2.45) is 0 Å². The molecular weight excluding hydrogens is 393 g/mol. The van der Waals surface area contributed by atoms with Crippen LogP contribution in [0.4, 0.5) is 0 Å². The minimum Gasteiger partial charge on any atom is -0.420 e. The number of nitrogens with zero attached hydrogens (tertiary/aromatic N) is 5. The van der Waals surface area contributed by atoms with Gasteiger partial charge in [0.05, 0.1) is 22.0 Å². The Morgan fingerprint density at radius 1 is 1.00 bits per heavy atom. The molecule has 9 heteroatoms. The van der Waals surface area contributed by atoms with Gasteiger partial charge in [-0.15, -0.1) is 20.4 Å². The molecule has 4 rings (SSSR count). The van der Waals surface area contributed by atoms with Crippen LogP contribution in [0, 0.1) is 0 Å². The van der Waals surface area contributed by atoms with E-state index in [1.807, 2.05) is 47.0 Å². The van der Waals surface area contributed by atoms with Crippen molar-refractivity contribution in [2.75, 3.05) is 0 Å². The summed E-state index contributed by atoms with van der Waals surface area (Å²) in [4.78, 5) is 0. The number of hydrogen-bond donors (Lipinski definition) is 0. The van der Waals surface area contributed by atoms with Crippen molar-refractivity contribution < 1.29 is 4.42 Å². The standard InChI is InChI=1S/C17H11Cl2N5OS/c18-11-4-3-5-12(8-11)24-10-20-23-17(24)26-9-15-21-22-16(25-15)13-6-1-2-7-14(13)19/h1-8,10H,9H2. The number of thioether (sulfide) groups is 1. The molecule has 0 aliphatic heterocycles. The number of benzene rings is 2. The first-order chi connectivity index (χ1) is 12.7. The SMILES string of the molecule is Clc1cccc(-n2cnnc2SCc2nnc(-c3ccccc3Cl)o2)c1. The average molecular weight is 404 g/mol. The highest BCUT2D eigenvalue weighted by molar-refractivity contribution is 7.98. The Morgan fingerprint density at radius 3 is 2.73 bits per heavy atom. The van der Waals surface area contributed by atoms with Crippen LogP contribution in [0.5, 0.6) is 0 Å². The van der Waals surface area contributed by atoms with E-state index in [9.17, 15) is 0 Å². The highest BCUT2D eigenvalue weighted by Crippen LogP contribution is 2.28. The minimum absolute atomic E-state index is 0.391. The number of aromatic nitrogens is 5. The Balaban J connectivity index is 1.51. The maximum absolute atomic E-state index is 6.16. The summed E-state index contributed by atoms with van der Waals surface area (Å²) in [5, 5.41) is 18.2. The predicted octanol–water partition coefficient (Wildman–Crippen LogP) is 4.92. The van der Waals surface area contributed by atoms with Crippen LogP contribution < -0.4 is 0 Å². The van der Waals surface area contributed by atoms with Gasteiger partial charge in [0, 0.05) is 5.02 Å². The number of hydrogen-bond acceptors (Lipinski definition) is 6. The first-order valence-electron chi connectivity index (χ1n) is 7.57. The van der Waals surface area contributed by atoms with Crippen LogP contribution in [0.3, 0.4) is 0 Å². The second-order valence-electron chi connectivity index (χ2n) is 5.23. The Labute approximate surface area is 163 Å². The fourth-order valence-corrected chi connectivity index (χ4v) is 3.47. The molecule has 0 saturated carbocycles. The molecule has 0 amide bonds. The lowest BCUT2D eigenvalue weighted by Gasteiger charge is -2.05. The second kappa shape index (κ2) is 7.49. The van der Waals surface area contributed by atoms with E-state index in [0.717, 1.165) is 5.69 Å². The first kappa shape index (κ1) is 17.1. The molecular formula is C17H11Cl2N5OS. The quantitative estimate of drug-likeness (QED) is 0.440. The monoisotopic (exact) mass is 403 g/mol. The van der Waals surface area contributed by atoms with Crippen LogP contribution in [-0.2, 0) is 5.75 Å². The molecule has 0 radical (unpaired) electrons. The average Bonchev–Trinajstić information content (AvgIpc) is 3.30. The van der Waals surface area contributed by atoms with Gasteiger partial charge in [-0.2, -0.15) is 0 Å². The van der Waals surface area contributed by atoms with E-state index in [-0.39, 0.29) is 0 Å². The molecule has 26 heavy (non-hydrogen) atoms. The zero-order chi connectivity index (χ0) is 17.9. The van der Waals surface area contributed by atoms with Gasteiger partial charge < -0.3 is 4.42 Å². The van der Waals surface area contributed by atoms with Gasteiger partial charge in [-0.3, -0.25) is 4.57 Å². The van der Waals surface area contributed by atoms with E-state index < -0.39 is 0 Å². The lowest BCUT2D eigenvalue weighted by Crippen LogP contribution is -1.95. The summed E-state index contributed by atoms with van der Waals surface area (Å²) in [6.45, 7) is 0. The Morgan fingerprint density at radius 2 is 1.88 bits per heavy atom. The van der Waals surface area contributed by atoms with E-state index >= 15 is 0 Å². The van der Waals surface area contributed by atoms with Gasteiger partial charge in [-0.25, -0.2) is 0 Å². The van der Waals surface area contributed by atoms with E-state index in [1.54, 1.807) is 12.4 Å². The molecule has 0 bridgehead atoms. The van der Waals surface area contributed by atoms with E-state index in [1.165, 1.54) is 11.8 Å². The van der Waals surface area contributed by atoms with Gasteiger partial charge in [0.25, 0.3) is 0 Å². The normalized spacial score (nSPS) is 11.0. The summed E-state index contributed by atoms with van der Waals surface area (Å²) in [6, 6.07) is 14.8. The van der Waals surface area contributed by atoms with Crippen LogP contribution in [0.1, 0.15) is 5.89 Å². The highest BCUT2D eigenvalue weighted by atomic mass is 35.5. The van der Waals surface area contributed by atoms with E-state index in [4.69, 9.17) is 27.6 Å². The zero-order valence-corrected chi connectivity index (χ0v) is 15.5. The Hall–Kier alpha value is -2.35. The molecule has 0 aliphatic carbocycles. The van der Waals surface area contributed by atoms with Crippen molar-refractivity contribution in [3.05, 3.63) is 70.8 Å². The molecule has 2 aromatic heterocycles. The molecule has 0 spiro atoms.